The van der Waals surface area contributed by atoms with Crippen molar-refractivity contribution < 1.29 is 35.9 Å². The molecule has 41 heavy (non-hydrogen) atoms. The van der Waals surface area contributed by atoms with E-state index in [1.165, 1.54) is 30.5 Å². The van der Waals surface area contributed by atoms with E-state index in [1.54, 1.807) is 19.1 Å². The summed E-state index contributed by atoms with van der Waals surface area (Å²) in [6, 6.07) is 8.76. The highest BCUT2D eigenvalue weighted by molar-refractivity contribution is 7.91. The van der Waals surface area contributed by atoms with Crippen molar-refractivity contribution in [2.75, 3.05) is 23.8 Å². The maximum absolute atomic E-state index is 13.1. The third-order valence-corrected chi connectivity index (χ3v) is 9.53. The maximum Gasteiger partial charge on any atom is 0.404 e. The van der Waals surface area contributed by atoms with Gasteiger partial charge in [0.1, 0.15) is 12.4 Å². The van der Waals surface area contributed by atoms with E-state index in [0.717, 1.165) is 12.8 Å². The monoisotopic (exact) mass is 596 g/mol. The number of amides is 2. The highest BCUT2D eigenvalue weighted by Gasteiger charge is 2.42. The minimum atomic E-state index is -4.14. The molecule has 3 N–H and O–H groups in total. The third-order valence-electron chi connectivity index (χ3n) is 7.78. The number of anilines is 1. The Bertz CT molecular complexity index is 1310. The molecule has 4 rings (SSSR count). The van der Waals surface area contributed by atoms with Crippen LogP contribution < -0.4 is 16.0 Å². The van der Waals surface area contributed by atoms with Crippen LogP contribution in [0.2, 0.25) is 0 Å². The number of sulfone groups is 1. The lowest BCUT2D eigenvalue weighted by Gasteiger charge is -2.34. The van der Waals surface area contributed by atoms with Gasteiger partial charge in [0.25, 0.3) is 5.91 Å². The molecule has 13 heteroatoms. The van der Waals surface area contributed by atoms with Gasteiger partial charge in [-0.3, -0.25) is 4.79 Å². The summed E-state index contributed by atoms with van der Waals surface area (Å²) >= 11 is 0. The van der Waals surface area contributed by atoms with Crippen molar-refractivity contribution in [1.29, 1.82) is 0 Å². The number of ether oxygens (including phenoxy) is 1. The Morgan fingerprint density at radius 3 is 2.24 bits per heavy atom. The molecule has 0 bridgehead atoms. The van der Waals surface area contributed by atoms with Gasteiger partial charge < -0.3 is 20.7 Å². The van der Waals surface area contributed by atoms with Crippen LogP contribution in [-0.2, 0) is 14.6 Å². The zero-order valence-corrected chi connectivity index (χ0v) is 23.6. The number of nitrogens with zero attached hydrogens (tertiary/aromatic N) is 2. The Balaban J connectivity index is 1.42. The number of hydrogen-bond donors (Lipinski definition) is 2. The van der Waals surface area contributed by atoms with Crippen molar-refractivity contribution in [2.45, 2.75) is 68.6 Å². The van der Waals surface area contributed by atoms with Gasteiger partial charge in [-0.15, -0.1) is 0 Å². The predicted molar refractivity (Wildman–Crippen MR) is 146 cm³/mol. The van der Waals surface area contributed by atoms with Gasteiger partial charge in [-0.2, -0.15) is 13.2 Å². The molecule has 2 fully saturated rings. The first kappa shape index (κ1) is 30.6. The zero-order valence-electron chi connectivity index (χ0n) is 22.8. The molecule has 1 atom stereocenters. The Labute approximate surface area is 237 Å². The fourth-order valence-corrected chi connectivity index (χ4v) is 6.04. The molecule has 0 aliphatic heterocycles. The first-order valence-electron chi connectivity index (χ1n) is 13.7. The SMILES string of the molecule is CCS(=O)(=O)c1ccc([C@H](COC(N)=O)NC(=O)c2ccc(N(CC3CCC(C(F)(F)F)CC3)C3CC3)nc2)cc1. The molecule has 9 nitrogen and oxygen atoms in total. The molecule has 2 aliphatic carbocycles. The summed E-state index contributed by atoms with van der Waals surface area (Å²) in [6.45, 7) is 1.90. The first-order chi connectivity index (χ1) is 19.4. The summed E-state index contributed by atoms with van der Waals surface area (Å²) in [5, 5.41) is 2.78. The molecule has 0 unspecified atom stereocenters. The van der Waals surface area contributed by atoms with Crippen LogP contribution in [0.3, 0.4) is 0 Å². The Morgan fingerprint density at radius 1 is 1.07 bits per heavy atom. The summed E-state index contributed by atoms with van der Waals surface area (Å²) in [4.78, 5) is 31.1. The molecule has 0 radical (unpaired) electrons. The average molecular weight is 597 g/mol. The maximum atomic E-state index is 13.1. The summed E-state index contributed by atoms with van der Waals surface area (Å²) < 4.78 is 68.4. The minimum absolute atomic E-state index is 0.0579. The van der Waals surface area contributed by atoms with Crippen molar-refractivity contribution in [3.63, 3.8) is 0 Å². The third kappa shape index (κ3) is 8.11. The lowest BCUT2D eigenvalue weighted by Crippen LogP contribution is -2.36. The molecule has 1 heterocycles. The number of halogens is 3. The topological polar surface area (TPSA) is 132 Å². The van der Waals surface area contributed by atoms with Crippen LogP contribution >= 0.6 is 0 Å². The second kappa shape index (κ2) is 12.7. The lowest BCUT2D eigenvalue weighted by molar-refractivity contribution is -0.183. The number of primary amides is 1. The van der Waals surface area contributed by atoms with Crippen LogP contribution in [0.5, 0.6) is 0 Å². The van der Waals surface area contributed by atoms with Crippen molar-refractivity contribution in [3.8, 4) is 0 Å². The molecule has 0 saturated heterocycles. The minimum Gasteiger partial charge on any atom is -0.447 e. The molecule has 2 aliphatic rings. The summed E-state index contributed by atoms with van der Waals surface area (Å²) in [7, 11) is -3.41. The highest BCUT2D eigenvalue weighted by atomic mass is 32.2. The molecule has 0 spiro atoms. The first-order valence-corrected chi connectivity index (χ1v) is 15.4. The van der Waals surface area contributed by atoms with E-state index in [-0.39, 0.29) is 47.6 Å². The van der Waals surface area contributed by atoms with Gasteiger partial charge in [0.05, 0.1) is 28.2 Å². The average Bonchev–Trinajstić information content (AvgIpc) is 3.79. The van der Waals surface area contributed by atoms with Gasteiger partial charge in [-0.1, -0.05) is 19.1 Å². The largest absolute Gasteiger partial charge is 0.447 e. The van der Waals surface area contributed by atoms with Crippen LogP contribution in [0.15, 0.2) is 47.5 Å². The summed E-state index contributed by atoms with van der Waals surface area (Å²) in [5.41, 5.74) is 5.88. The number of nitrogens with one attached hydrogen (secondary N) is 1. The molecule has 2 saturated carbocycles. The Kier molecular flexibility index (Phi) is 9.45. The molecular weight excluding hydrogens is 561 g/mol. The molecular formula is C28H35F3N4O5S. The van der Waals surface area contributed by atoms with E-state index in [1.807, 2.05) is 0 Å². The van der Waals surface area contributed by atoms with Gasteiger partial charge in [-0.05, 0) is 74.3 Å². The Hall–Kier alpha value is -3.35. The molecule has 2 aromatic rings. The van der Waals surface area contributed by atoms with Gasteiger partial charge >= 0.3 is 12.3 Å². The van der Waals surface area contributed by atoms with Crippen LogP contribution in [-0.4, -0.2) is 56.5 Å². The van der Waals surface area contributed by atoms with Gasteiger partial charge in [0, 0.05) is 18.8 Å². The second-order valence-electron chi connectivity index (χ2n) is 10.7. The quantitative estimate of drug-likeness (QED) is 0.382. The van der Waals surface area contributed by atoms with E-state index in [9.17, 15) is 31.2 Å². The number of carbonyl (C=O) groups is 2. The predicted octanol–water partition coefficient (Wildman–Crippen LogP) is 4.78. The van der Waals surface area contributed by atoms with Crippen molar-refractivity contribution >= 4 is 27.7 Å². The second-order valence-corrected chi connectivity index (χ2v) is 13.0. The number of hydrogen-bond acceptors (Lipinski definition) is 7. The number of aromatic nitrogens is 1. The summed E-state index contributed by atoms with van der Waals surface area (Å²) in [5.74, 6) is -0.941. The van der Waals surface area contributed by atoms with Crippen molar-refractivity contribution in [2.24, 2.45) is 17.6 Å². The molecule has 1 aromatic heterocycles. The normalized spacial score (nSPS) is 20.2. The van der Waals surface area contributed by atoms with Crippen LogP contribution in [0, 0.1) is 11.8 Å². The van der Waals surface area contributed by atoms with Gasteiger partial charge in [0.15, 0.2) is 9.84 Å². The van der Waals surface area contributed by atoms with Crippen LogP contribution in [0.1, 0.15) is 67.4 Å². The zero-order chi connectivity index (χ0) is 29.8. The number of pyridine rings is 1. The molecule has 224 valence electrons. The van der Waals surface area contributed by atoms with Crippen molar-refractivity contribution in [1.82, 2.24) is 10.3 Å². The van der Waals surface area contributed by atoms with E-state index < -0.39 is 40.0 Å². The lowest BCUT2D eigenvalue weighted by atomic mass is 9.81. The van der Waals surface area contributed by atoms with Crippen LogP contribution in [0.4, 0.5) is 23.8 Å². The fourth-order valence-electron chi connectivity index (χ4n) is 5.16. The van der Waals surface area contributed by atoms with Crippen molar-refractivity contribution in [3.05, 3.63) is 53.7 Å². The summed E-state index contributed by atoms with van der Waals surface area (Å²) in [6.07, 6.45) is -0.404. The van der Waals surface area contributed by atoms with Gasteiger partial charge in [0.2, 0.25) is 0 Å². The number of nitrogens with two attached hydrogens (primary N) is 1. The van der Waals surface area contributed by atoms with Crippen LogP contribution in [0.25, 0.3) is 0 Å². The number of benzene rings is 1. The standard InChI is InChI=1S/C28H35F3N4O5S/c1-2-41(38,39)23-12-5-19(6-13-23)24(17-40-27(32)37)34-26(36)20-7-14-25(33-15-20)35(22-10-11-22)16-18-3-8-21(9-4-18)28(29,30)31/h5-7,12-15,18,21-22,24H,2-4,8-11,16-17H2,1H3,(H2,32,37)(H,34,36)/t18?,21?,24-/m0/s1. The van der Waals surface area contributed by atoms with E-state index >= 15 is 0 Å². The molecule has 2 amide bonds. The molecule has 1 aromatic carbocycles. The van der Waals surface area contributed by atoms with Gasteiger partial charge in [-0.25, -0.2) is 18.2 Å². The highest BCUT2D eigenvalue weighted by Crippen LogP contribution is 2.41. The fraction of sp³-hybridized carbons (Fsp3) is 0.536. The Morgan fingerprint density at radius 2 is 1.73 bits per heavy atom. The number of carbonyl (C=O) groups excluding carboxylic acids is 2. The van der Waals surface area contributed by atoms with E-state index in [2.05, 4.69) is 15.2 Å². The van der Waals surface area contributed by atoms with E-state index in [0.29, 0.717) is 30.8 Å². The number of rotatable bonds is 11. The number of alkyl halides is 3. The van der Waals surface area contributed by atoms with E-state index in [4.69, 9.17) is 10.5 Å². The smallest absolute Gasteiger partial charge is 0.404 e.